The van der Waals surface area contributed by atoms with Crippen LogP contribution in [0.4, 0.5) is 5.69 Å². The molecule has 0 atom stereocenters. The van der Waals surface area contributed by atoms with Crippen molar-refractivity contribution in [2.45, 2.75) is 27.7 Å². The molecule has 0 fully saturated rings. The van der Waals surface area contributed by atoms with Crippen LogP contribution in [-0.2, 0) is 4.79 Å². The van der Waals surface area contributed by atoms with E-state index in [4.69, 9.17) is 4.98 Å². The number of nitrogens with one attached hydrogen (secondary N) is 3. The first-order chi connectivity index (χ1) is 17.8. The maximum atomic E-state index is 12.4. The summed E-state index contributed by atoms with van der Waals surface area (Å²) in [5.41, 5.74) is 6.77. The molecule has 9 heteroatoms. The summed E-state index contributed by atoms with van der Waals surface area (Å²) in [5, 5.41) is 11.7. The number of fused-ring (bicyclic) bond motifs is 2. The van der Waals surface area contributed by atoms with Gasteiger partial charge < -0.3 is 10.3 Å². The highest BCUT2D eigenvalue weighted by molar-refractivity contribution is 7.15. The minimum Gasteiger partial charge on any atom is -0.353 e. The molecule has 0 saturated heterocycles. The number of thiophene rings is 1. The normalized spacial score (nSPS) is 11.9. The maximum Gasteiger partial charge on any atom is 0.229 e. The molecule has 0 aliphatic carbocycles. The van der Waals surface area contributed by atoms with Crippen molar-refractivity contribution < 1.29 is 4.79 Å². The van der Waals surface area contributed by atoms with E-state index in [1.165, 1.54) is 4.88 Å². The summed E-state index contributed by atoms with van der Waals surface area (Å²) < 4.78 is 0. The summed E-state index contributed by atoms with van der Waals surface area (Å²) in [6.45, 7) is 7.72. The fraction of sp³-hybridized carbons (Fsp3) is 0.179. The van der Waals surface area contributed by atoms with E-state index in [-0.39, 0.29) is 5.91 Å². The molecule has 0 radical (unpaired) electrons. The molecule has 37 heavy (non-hydrogen) atoms. The Morgan fingerprint density at radius 3 is 2.65 bits per heavy atom. The van der Waals surface area contributed by atoms with E-state index in [1.807, 2.05) is 51.2 Å². The van der Waals surface area contributed by atoms with Crippen LogP contribution >= 0.6 is 11.3 Å². The quantitative estimate of drug-likeness (QED) is 0.249. The second-order valence-electron chi connectivity index (χ2n) is 10.0. The summed E-state index contributed by atoms with van der Waals surface area (Å²) in [6, 6.07) is 14.0. The Labute approximate surface area is 217 Å². The van der Waals surface area contributed by atoms with Crippen molar-refractivity contribution in [3.8, 4) is 33.2 Å². The Bertz CT molecular complexity index is 1790. The third kappa shape index (κ3) is 4.27. The van der Waals surface area contributed by atoms with Crippen molar-refractivity contribution in [2.24, 2.45) is 5.41 Å². The van der Waals surface area contributed by atoms with Gasteiger partial charge in [-0.25, -0.2) is 4.98 Å². The van der Waals surface area contributed by atoms with Crippen molar-refractivity contribution >= 4 is 44.9 Å². The molecule has 3 N–H and O–H groups in total. The second-order valence-corrected chi connectivity index (χ2v) is 11.3. The molecule has 6 aromatic rings. The van der Waals surface area contributed by atoms with Crippen molar-refractivity contribution in [2.75, 3.05) is 5.32 Å². The van der Waals surface area contributed by atoms with Crippen LogP contribution in [-0.4, -0.2) is 36.0 Å². The fourth-order valence-corrected chi connectivity index (χ4v) is 5.03. The molecule has 0 aliphatic heterocycles. The lowest BCUT2D eigenvalue weighted by molar-refractivity contribution is -0.123. The highest BCUT2D eigenvalue weighted by Gasteiger charge is 2.21. The van der Waals surface area contributed by atoms with Gasteiger partial charge in [0, 0.05) is 39.2 Å². The van der Waals surface area contributed by atoms with Gasteiger partial charge in [-0.2, -0.15) is 5.10 Å². The minimum atomic E-state index is -0.504. The van der Waals surface area contributed by atoms with Crippen LogP contribution in [0.2, 0.25) is 0 Å². The average molecular weight is 508 g/mol. The smallest absolute Gasteiger partial charge is 0.229 e. The molecule has 6 heterocycles. The third-order valence-electron chi connectivity index (χ3n) is 6.16. The molecule has 1 amide bonds. The second kappa shape index (κ2) is 8.63. The number of H-pyrrole nitrogens is 2. The maximum absolute atomic E-state index is 12.4. The van der Waals surface area contributed by atoms with Gasteiger partial charge in [-0.3, -0.25) is 19.9 Å². The lowest BCUT2D eigenvalue weighted by Gasteiger charge is -2.17. The van der Waals surface area contributed by atoms with E-state index >= 15 is 0 Å². The van der Waals surface area contributed by atoms with Gasteiger partial charge in [-0.05, 0) is 49.4 Å². The molecule has 6 aromatic heterocycles. The van der Waals surface area contributed by atoms with E-state index in [9.17, 15) is 4.79 Å². The van der Waals surface area contributed by atoms with Crippen LogP contribution in [0.1, 0.15) is 25.6 Å². The van der Waals surface area contributed by atoms with Gasteiger partial charge in [0.1, 0.15) is 11.2 Å². The highest BCUT2D eigenvalue weighted by atomic mass is 32.1. The monoisotopic (exact) mass is 507 g/mol. The van der Waals surface area contributed by atoms with Gasteiger partial charge >= 0.3 is 0 Å². The van der Waals surface area contributed by atoms with Crippen LogP contribution in [0.15, 0.2) is 61.1 Å². The van der Waals surface area contributed by atoms with E-state index in [2.05, 4.69) is 55.6 Å². The molecule has 8 nitrogen and oxygen atoms in total. The van der Waals surface area contributed by atoms with E-state index in [0.29, 0.717) is 5.69 Å². The summed E-state index contributed by atoms with van der Waals surface area (Å²) in [6.07, 6.45) is 5.20. The number of pyridine rings is 3. The largest absolute Gasteiger partial charge is 0.353 e. The van der Waals surface area contributed by atoms with Crippen molar-refractivity contribution in [1.29, 1.82) is 0 Å². The molecule has 0 unspecified atom stereocenters. The highest BCUT2D eigenvalue weighted by Crippen LogP contribution is 2.35. The topological polar surface area (TPSA) is 112 Å². The standard InChI is InChI=1S/C28H25N7OS/c1-15-5-8-23(37-15)24-18-12-22(32-20(18)9-10-30-24)26-25-21(34-35-26)7-6-19(33-25)16-11-17(14-29-13-16)31-27(36)28(2,3)4/h5-14,32H,1-4H3,(H,31,36)(H,34,35). The average Bonchev–Trinajstić information content (AvgIpc) is 3.60. The van der Waals surface area contributed by atoms with E-state index in [1.54, 1.807) is 23.7 Å². The van der Waals surface area contributed by atoms with Crippen molar-refractivity contribution in [3.63, 3.8) is 0 Å². The summed E-state index contributed by atoms with van der Waals surface area (Å²) in [5.74, 6) is -0.0719. The summed E-state index contributed by atoms with van der Waals surface area (Å²) >= 11 is 1.73. The number of aromatic amines is 2. The molecule has 0 aromatic carbocycles. The number of aromatic nitrogens is 6. The zero-order valence-electron chi connectivity index (χ0n) is 20.9. The predicted molar refractivity (Wildman–Crippen MR) is 148 cm³/mol. The zero-order valence-corrected chi connectivity index (χ0v) is 21.7. The van der Waals surface area contributed by atoms with E-state index in [0.717, 1.165) is 55.2 Å². The molecule has 0 bridgehead atoms. The van der Waals surface area contributed by atoms with Crippen LogP contribution in [0.3, 0.4) is 0 Å². The number of hydrogen-bond acceptors (Lipinski definition) is 6. The molecule has 184 valence electrons. The number of hydrogen-bond donors (Lipinski definition) is 3. The zero-order chi connectivity index (χ0) is 25.7. The Kier molecular flexibility index (Phi) is 5.38. The summed E-state index contributed by atoms with van der Waals surface area (Å²) in [7, 11) is 0. The number of amides is 1. The van der Waals surface area contributed by atoms with Gasteiger partial charge in [0.15, 0.2) is 0 Å². The lowest BCUT2D eigenvalue weighted by atomic mass is 9.95. The number of rotatable bonds is 4. The molecule has 0 saturated carbocycles. The Hall–Kier alpha value is -4.37. The van der Waals surface area contributed by atoms with E-state index < -0.39 is 5.41 Å². The van der Waals surface area contributed by atoms with Gasteiger partial charge in [0.2, 0.25) is 5.91 Å². The minimum absolute atomic E-state index is 0.0719. The first-order valence-corrected chi connectivity index (χ1v) is 12.7. The molecule has 6 rings (SSSR count). The molecule has 0 spiro atoms. The number of carbonyl (C=O) groups excluding carboxylic acids is 1. The van der Waals surface area contributed by atoms with Gasteiger partial charge in [-0.15, -0.1) is 11.3 Å². The Morgan fingerprint density at radius 2 is 1.86 bits per heavy atom. The number of aryl methyl sites for hydroxylation is 1. The first kappa shape index (κ1) is 23.1. The van der Waals surface area contributed by atoms with Gasteiger partial charge in [0.25, 0.3) is 0 Å². The Balaban J connectivity index is 1.40. The molecule has 0 aliphatic rings. The van der Waals surface area contributed by atoms with Crippen LogP contribution in [0.5, 0.6) is 0 Å². The number of anilines is 1. The predicted octanol–water partition coefficient (Wildman–Crippen LogP) is 6.58. The lowest BCUT2D eigenvalue weighted by Crippen LogP contribution is -2.27. The van der Waals surface area contributed by atoms with Crippen molar-refractivity contribution in [1.82, 2.24) is 30.1 Å². The first-order valence-electron chi connectivity index (χ1n) is 11.9. The van der Waals surface area contributed by atoms with Crippen LogP contribution < -0.4 is 5.32 Å². The van der Waals surface area contributed by atoms with Crippen LogP contribution in [0, 0.1) is 12.3 Å². The van der Waals surface area contributed by atoms with Gasteiger partial charge in [-0.1, -0.05) is 20.8 Å². The number of nitrogens with zero attached hydrogens (tertiary/aromatic N) is 4. The summed E-state index contributed by atoms with van der Waals surface area (Å²) in [4.78, 5) is 32.2. The third-order valence-corrected chi connectivity index (χ3v) is 7.17. The van der Waals surface area contributed by atoms with Gasteiger partial charge in [0.05, 0.1) is 39.4 Å². The van der Waals surface area contributed by atoms with Crippen molar-refractivity contribution in [3.05, 3.63) is 65.9 Å². The fourth-order valence-electron chi connectivity index (χ4n) is 4.15. The SMILES string of the molecule is Cc1ccc(-c2nccc3[nH]c(-c4n[nH]c5ccc(-c6cncc(NC(=O)C(C)(C)C)c6)nc45)cc23)s1. The van der Waals surface area contributed by atoms with Crippen LogP contribution in [0.25, 0.3) is 55.2 Å². The number of carbonyl (C=O) groups is 1. The molecular weight excluding hydrogens is 482 g/mol. The Morgan fingerprint density at radius 1 is 1.00 bits per heavy atom. The molecular formula is C28H25N7OS.